The molecule has 2 aliphatic rings. The molecule has 3 heterocycles. The van der Waals surface area contributed by atoms with Crippen molar-refractivity contribution in [1.29, 1.82) is 0 Å². The summed E-state index contributed by atoms with van der Waals surface area (Å²) in [5, 5.41) is 17.2. The molecule has 2 fully saturated rings. The van der Waals surface area contributed by atoms with Gasteiger partial charge in [-0.25, -0.2) is 4.98 Å². The van der Waals surface area contributed by atoms with Gasteiger partial charge in [0.2, 0.25) is 0 Å². The van der Waals surface area contributed by atoms with Gasteiger partial charge >= 0.3 is 0 Å². The lowest BCUT2D eigenvalue weighted by molar-refractivity contribution is 0.364. The van der Waals surface area contributed by atoms with E-state index in [1.807, 2.05) is 12.1 Å². The number of nitrogens with two attached hydrogens (primary N) is 1. The van der Waals surface area contributed by atoms with E-state index >= 15 is 0 Å². The molecule has 0 aliphatic carbocycles. The van der Waals surface area contributed by atoms with Crippen LogP contribution < -0.4 is 21.9 Å². The Hall–Kier alpha value is -2.38. The maximum atomic E-state index is 12.5. The molecule has 1 aromatic carbocycles. The fourth-order valence-corrected chi connectivity index (χ4v) is 4.15. The van der Waals surface area contributed by atoms with E-state index in [4.69, 9.17) is 5.73 Å². The summed E-state index contributed by atoms with van der Waals surface area (Å²) >= 11 is 0. The highest BCUT2D eigenvalue weighted by molar-refractivity contribution is 5.68. The second-order valence-electron chi connectivity index (χ2n) is 7.54. The van der Waals surface area contributed by atoms with Crippen molar-refractivity contribution in [2.24, 2.45) is 0 Å². The summed E-state index contributed by atoms with van der Waals surface area (Å²) in [6.45, 7) is 3.70. The van der Waals surface area contributed by atoms with Gasteiger partial charge in [-0.05, 0) is 62.4 Å². The molecule has 2 aliphatic heterocycles. The summed E-state index contributed by atoms with van der Waals surface area (Å²) < 4.78 is 1.68. The fourth-order valence-electron chi connectivity index (χ4n) is 4.15. The summed E-state index contributed by atoms with van der Waals surface area (Å²) in [5.74, 6) is 0.549. The van der Waals surface area contributed by atoms with Crippen LogP contribution in [0.4, 0.5) is 5.82 Å². The number of nitrogens with one attached hydrogen (secondary N) is 2. The number of piperidine rings is 2. The molecule has 2 saturated heterocycles. The van der Waals surface area contributed by atoms with Crippen molar-refractivity contribution in [1.82, 2.24) is 20.2 Å². The number of hydrogen-bond acceptors (Lipinski definition) is 6. The molecule has 5 N–H and O–H groups in total. The average molecular weight is 369 g/mol. The lowest BCUT2D eigenvalue weighted by Gasteiger charge is -2.26. The predicted molar refractivity (Wildman–Crippen MR) is 106 cm³/mol. The normalized spacial score (nSPS) is 23.3. The van der Waals surface area contributed by atoms with Crippen molar-refractivity contribution in [3.63, 3.8) is 0 Å². The van der Waals surface area contributed by atoms with Crippen molar-refractivity contribution in [2.45, 2.75) is 37.6 Å². The Labute approximate surface area is 158 Å². The number of aromatic nitrogens is 2. The topological polar surface area (TPSA) is 105 Å². The Bertz CT molecular complexity index is 867. The van der Waals surface area contributed by atoms with Crippen LogP contribution in [0.3, 0.4) is 0 Å². The van der Waals surface area contributed by atoms with Gasteiger partial charge in [-0.2, -0.15) is 0 Å². The first-order valence-electron chi connectivity index (χ1n) is 9.77. The molecular weight excluding hydrogens is 342 g/mol. The largest absolute Gasteiger partial charge is 0.507 e. The van der Waals surface area contributed by atoms with E-state index in [1.54, 1.807) is 16.8 Å². The van der Waals surface area contributed by atoms with Crippen molar-refractivity contribution in [3.05, 3.63) is 40.3 Å². The number of hydrogen-bond donors (Lipinski definition) is 4. The maximum absolute atomic E-state index is 12.5. The number of phenols is 1. The Balaban J connectivity index is 1.74. The van der Waals surface area contributed by atoms with Crippen LogP contribution in [0.5, 0.6) is 5.75 Å². The summed E-state index contributed by atoms with van der Waals surface area (Å²) in [6, 6.07) is 5.74. The summed E-state index contributed by atoms with van der Waals surface area (Å²) in [4.78, 5) is 16.8. The van der Waals surface area contributed by atoms with E-state index in [9.17, 15) is 9.90 Å². The summed E-state index contributed by atoms with van der Waals surface area (Å²) in [6.07, 6.45) is 5.96. The SMILES string of the molecule is Nc1nc(-c2cc(C3CCCNC3)ccc2O)cn(C2CCCNC2)c1=O. The molecule has 0 bridgehead atoms. The zero-order valence-corrected chi connectivity index (χ0v) is 15.4. The van der Waals surface area contributed by atoms with Crippen LogP contribution in [0.2, 0.25) is 0 Å². The van der Waals surface area contributed by atoms with Crippen molar-refractivity contribution in [2.75, 3.05) is 31.9 Å². The van der Waals surface area contributed by atoms with Crippen LogP contribution in [-0.2, 0) is 0 Å². The zero-order valence-electron chi connectivity index (χ0n) is 15.4. The number of nitrogens with zero attached hydrogens (tertiary/aromatic N) is 2. The van der Waals surface area contributed by atoms with Gasteiger partial charge in [0.05, 0.1) is 5.69 Å². The van der Waals surface area contributed by atoms with E-state index in [0.29, 0.717) is 17.2 Å². The van der Waals surface area contributed by atoms with Crippen molar-refractivity contribution < 1.29 is 5.11 Å². The Morgan fingerprint density at radius 2 is 1.93 bits per heavy atom. The molecule has 4 rings (SSSR count). The molecule has 2 aromatic rings. The van der Waals surface area contributed by atoms with Gasteiger partial charge in [-0.1, -0.05) is 6.07 Å². The minimum absolute atomic E-state index is 0.0257. The number of rotatable bonds is 3. The van der Waals surface area contributed by atoms with Crippen LogP contribution in [0.1, 0.15) is 43.2 Å². The lowest BCUT2D eigenvalue weighted by Crippen LogP contribution is -2.37. The first-order chi connectivity index (χ1) is 13.1. The average Bonchev–Trinajstić information content (AvgIpc) is 2.72. The first kappa shape index (κ1) is 18.0. The number of benzene rings is 1. The molecule has 2 atom stereocenters. The minimum Gasteiger partial charge on any atom is -0.507 e. The van der Waals surface area contributed by atoms with E-state index in [-0.39, 0.29) is 23.2 Å². The van der Waals surface area contributed by atoms with Gasteiger partial charge in [-0.15, -0.1) is 0 Å². The standard InChI is InChI=1S/C20H27N5O2/c21-19-20(27)25(15-4-2-8-23-11-15)12-17(24-19)16-9-13(5-6-18(16)26)14-3-1-7-22-10-14/h5-6,9,12,14-15,22-23,26H,1-4,7-8,10-11H2,(H2,21,24). The number of anilines is 1. The zero-order chi connectivity index (χ0) is 18.8. The third-order valence-corrected chi connectivity index (χ3v) is 5.69. The van der Waals surface area contributed by atoms with Crippen molar-refractivity contribution in [3.8, 4) is 17.0 Å². The van der Waals surface area contributed by atoms with Gasteiger partial charge in [0.15, 0.2) is 5.82 Å². The monoisotopic (exact) mass is 369 g/mol. The summed E-state index contributed by atoms with van der Waals surface area (Å²) in [5.41, 5.74) is 8.02. The summed E-state index contributed by atoms with van der Waals surface area (Å²) in [7, 11) is 0. The Kier molecular flexibility index (Phi) is 5.13. The van der Waals surface area contributed by atoms with E-state index in [0.717, 1.165) is 51.9 Å². The van der Waals surface area contributed by atoms with Crippen LogP contribution in [0.25, 0.3) is 11.3 Å². The molecule has 0 radical (unpaired) electrons. The van der Waals surface area contributed by atoms with E-state index in [1.165, 1.54) is 5.56 Å². The minimum atomic E-state index is -0.264. The second-order valence-corrected chi connectivity index (χ2v) is 7.54. The van der Waals surface area contributed by atoms with Gasteiger partial charge in [0.1, 0.15) is 5.75 Å². The third kappa shape index (κ3) is 3.70. The van der Waals surface area contributed by atoms with Gasteiger partial charge in [0.25, 0.3) is 5.56 Å². The number of aromatic hydroxyl groups is 1. The Morgan fingerprint density at radius 3 is 2.63 bits per heavy atom. The quantitative estimate of drug-likeness (QED) is 0.655. The molecule has 0 saturated carbocycles. The van der Waals surface area contributed by atoms with Crippen LogP contribution >= 0.6 is 0 Å². The molecule has 27 heavy (non-hydrogen) atoms. The molecule has 1 aromatic heterocycles. The molecule has 144 valence electrons. The number of nitrogen functional groups attached to an aromatic ring is 1. The van der Waals surface area contributed by atoms with Crippen molar-refractivity contribution >= 4 is 5.82 Å². The van der Waals surface area contributed by atoms with E-state index < -0.39 is 0 Å². The molecular formula is C20H27N5O2. The van der Waals surface area contributed by atoms with Gasteiger partial charge in [0, 0.05) is 30.9 Å². The van der Waals surface area contributed by atoms with Gasteiger partial charge in [-0.3, -0.25) is 4.79 Å². The molecule has 2 unspecified atom stereocenters. The highest BCUT2D eigenvalue weighted by Gasteiger charge is 2.21. The maximum Gasteiger partial charge on any atom is 0.293 e. The second kappa shape index (κ2) is 7.70. The first-order valence-corrected chi connectivity index (χ1v) is 9.77. The van der Waals surface area contributed by atoms with Crippen LogP contribution in [-0.4, -0.2) is 40.8 Å². The fraction of sp³-hybridized carbons (Fsp3) is 0.500. The molecule has 0 spiro atoms. The van der Waals surface area contributed by atoms with Crippen LogP contribution in [0, 0.1) is 0 Å². The van der Waals surface area contributed by atoms with Crippen LogP contribution in [0.15, 0.2) is 29.2 Å². The third-order valence-electron chi connectivity index (χ3n) is 5.69. The smallest absolute Gasteiger partial charge is 0.293 e. The molecule has 0 amide bonds. The molecule has 7 nitrogen and oxygen atoms in total. The highest BCUT2D eigenvalue weighted by atomic mass is 16.3. The highest BCUT2D eigenvalue weighted by Crippen LogP contribution is 2.33. The van der Waals surface area contributed by atoms with E-state index in [2.05, 4.69) is 15.6 Å². The molecule has 7 heteroatoms. The lowest BCUT2D eigenvalue weighted by atomic mass is 9.90. The Morgan fingerprint density at radius 1 is 1.15 bits per heavy atom. The van der Waals surface area contributed by atoms with Gasteiger partial charge < -0.3 is 26.0 Å². The number of phenolic OH excluding ortho intramolecular Hbond substituents is 1. The predicted octanol–water partition coefficient (Wildman–Crippen LogP) is 1.59.